The maximum Gasteiger partial charge on any atom is 0.494 e. The summed E-state index contributed by atoms with van der Waals surface area (Å²) in [6, 6.07) is 5.78. The second kappa shape index (κ2) is 6.84. The van der Waals surface area contributed by atoms with Crippen molar-refractivity contribution in [2.24, 2.45) is 0 Å². The van der Waals surface area contributed by atoms with E-state index in [0.29, 0.717) is 13.1 Å². The van der Waals surface area contributed by atoms with E-state index in [4.69, 9.17) is 14.0 Å². The smallest absolute Gasteiger partial charge is 0.442 e. The normalized spacial score (nSPS) is 23.5. The maximum atomic E-state index is 12.2. The summed E-state index contributed by atoms with van der Waals surface area (Å²) in [7, 11) is -0.444. The highest BCUT2D eigenvalue weighted by molar-refractivity contribution is 6.62. The third-order valence-corrected chi connectivity index (χ3v) is 5.49. The molecule has 2 saturated heterocycles. The number of nitrogens with one attached hydrogen (secondary N) is 1. The molecule has 0 aliphatic carbocycles. The maximum absolute atomic E-state index is 12.2. The van der Waals surface area contributed by atoms with Crippen LogP contribution in [0.25, 0.3) is 0 Å². The van der Waals surface area contributed by atoms with Gasteiger partial charge in [-0.25, -0.2) is 4.79 Å². The molecule has 2 heterocycles. The summed E-state index contributed by atoms with van der Waals surface area (Å²) >= 11 is 0. The van der Waals surface area contributed by atoms with Gasteiger partial charge in [0.1, 0.15) is 6.10 Å². The Balaban J connectivity index is 1.74. The van der Waals surface area contributed by atoms with E-state index in [-0.39, 0.29) is 12.0 Å². The molecule has 1 atom stereocenters. The fourth-order valence-corrected chi connectivity index (χ4v) is 3.19. The third-order valence-electron chi connectivity index (χ3n) is 5.49. The molecule has 0 aromatic heterocycles. The molecular formula is C19H27BN2O5. The van der Waals surface area contributed by atoms with Gasteiger partial charge in [-0.3, -0.25) is 9.69 Å². The number of anilines is 1. The first kappa shape index (κ1) is 19.7. The highest BCUT2D eigenvalue weighted by atomic mass is 16.7. The Morgan fingerprint density at radius 3 is 2.44 bits per heavy atom. The van der Waals surface area contributed by atoms with Crippen LogP contribution in [0, 0.1) is 6.92 Å². The van der Waals surface area contributed by atoms with Crippen molar-refractivity contribution in [1.82, 2.24) is 5.32 Å². The van der Waals surface area contributed by atoms with E-state index in [0.717, 1.165) is 16.7 Å². The molecule has 2 fully saturated rings. The van der Waals surface area contributed by atoms with Crippen molar-refractivity contribution >= 4 is 30.3 Å². The predicted molar refractivity (Wildman–Crippen MR) is 103 cm³/mol. The molecule has 3 rings (SSSR count). The quantitative estimate of drug-likeness (QED) is 0.813. The van der Waals surface area contributed by atoms with Gasteiger partial charge in [0.05, 0.1) is 30.0 Å². The lowest BCUT2D eigenvalue weighted by Crippen LogP contribution is -2.41. The first-order chi connectivity index (χ1) is 12.5. The van der Waals surface area contributed by atoms with E-state index in [2.05, 4.69) is 5.32 Å². The van der Waals surface area contributed by atoms with Gasteiger partial charge in [0.25, 0.3) is 0 Å². The van der Waals surface area contributed by atoms with Crippen molar-refractivity contribution < 1.29 is 23.6 Å². The SMILES string of the molecule is CC(=O)NCC1CN(c2ccc(B3OC(C)(C)C(C)(C)O3)cc2C)C(=O)O1. The van der Waals surface area contributed by atoms with Crippen molar-refractivity contribution in [3.63, 3.8) is 0 Å². The van der Waals surface area contributed by atoms with Crippen molar-refractivity contribution in [2.45, 2.75) is 58.8 Å². The van der Waals surface area contributed by atoms with Gasteiger partial charge < -0.3 is 19.4 Å². The number of carbonyl (C=O) groups excluding carboxylic acids is 2. The number of benzene rings is 1. The molecule has 1 aromatic rings. The molecule has 1 N–H and O–H groups in total. The molecular weight excluding hydrogens is 347 g/mol. The van der Waals surface area contributed by atoms with Gasteiger partial charge in [-0.2, -0.15) is 0 Å². The summed E-state index contributed by atoms with van der Waals surface area (Å²) in [4.78, 5) is 24.9. The minimum atomic E-state index is -0.444. The first-order valence-electron chi connectivity index (χ1n) is 9.19. The lowest BCUT2D eigenvalue weighted by atomic mass is 9.78. The zero-order valence-electron chi connectivity index (χ0n) is 16.8. The van der Waals surface area contributed by atoms with E-state index in [1.807, 2.05) is 52.8 Å². The second-order valence-electron chi connectivity index (χ2n) is 8.19. The molecule has 0 spiro atoms. The molecule has 0 saturated carbocycles. The van der Waals surface area contributed by atoms with Gasteiger partial charge in [0, 0.05) is 6.92 Å². The summed E-state index contributed by atoms with van der Waals surface area (Å²) in [5.74, 6) is -0.146. The molecule has 146 valence electrons. The van der Waals surface area contributed by atoms with Crippen molar-refractivity contribution in [1.29, 1.82) is 0 Å². The van der Waals surface area contributed by atoms with E-state index in [9.17, 15) is 9.59 Å². The Labute approximate surface area is 160 Å². The van der Waals surface area contributed by atoms with Crippen LogP contribution in [0.4, 0.5) is 10.5 Å². The topological polar surface area (TPSA) is 77.1 Å². The number of cyclic esters (lactones) is 1. The fourth-order valence-electron chi connectivity index (χ4n) is 3.19. The van der Waals surface area contributed by atoms with Crippen molar-refractivity contribution in [3.8, 4) is 0 Å². The Morgan fingerprint density at radius 2 is 1.89 bits per heavy atom. The molecule has 2 aliphatic rings. The average Bonchev–Trinajstić information content (AvgIpc) is 3.02. The Morgan fingerprint density at radius 1 is 1.26 bits per heavy atom. The Hall–Kier alpha value is -2.06. The number of aryl methyl sites for hydroxylation is 1. The summed E-state index contributed by atoms with van der Waals surface area (Å²) in [5.41, 5.74) is 1.82. The summed E-state index contributed by atoms with van der Waals surface area (Å²) in [6.45, 7) is 12.2. The lowest BCUT2D eigenvalue weighted by molar-refractivity contribution is -0.119. The van der Waals surface area contributed by atoms with Crippen LogP contribution in [0.2, 0.25) is 0 Å². The van der Waals surface area contributed by atoms with Crippen LogP contribution in [0.3, 0.4) is 0 Å². The summed E-state index contributed by atoms with van der Waals surface area (Å²) in [6.07, 6.45) is -0.764. The Bertz CT molecular complexity index is 748. The fraction of sp³-hybridized carbons (Fsp3) is 0.579. The standard InChI is InChI=1S/C19H27BN2O5/c1-12-9-14(20-26-18(3,4)19(5,6)27-20)7-8-16(12)22-11-15(25-17(22)24)10-21-13(2)23/h7-9,15H,10-11H2,1-6H3,(H,21,23). The van der Waals surface area contributed by atoms with Gasteiger partial charge in [-0.05, 0) is 51.7 Å². The zero-order chi connectivity index (χ0) is 20.0. The van der Waals surface area contributed by atoms with Crippen LogP contribution >= 0.6 is 0 Å². The van der Waals surface area contributed by atoms with E-state index in [1.54, 1.807) is 4.90 Å². The van der Waals surface area contributed by atoms with Crippen molar-refractivity contribution in [2.75, 3.05) is 18.0 Å². The second-order valence-corrected chi connectivity index (χ2v) is 8.19. The molecule has 1 aromatic carbocycles. The molecule has 7 nitrogen and oxygen atoms in total. The number of ether oxygens (including phenoxy) is 1. The van der Waals surface area contributed by atoms with Crippen LogP contribution in [0.5, 0.6) is 0 Å². The highest BCUT2D eigenvalue weighted by Crippen LogP contribution is 2.36. The minimum absolute atomic E-state index is 0.146. The monoisotopic (exact) mass is 374 g/mol. The number of amides is 2. The van der Waals surface area contributed by atoms with Gasteiger partial charge in [-0.15, -0.1) is 0 Å². The molecule has 2 amide bonds. The number of rotatable bonds is 4. The van der Waals surface area contributed by atoms with Crippen LogP contribution in [0.15, 0.2) is 18.2 Å². The van der Waals surface area contributed by atoms with E-state index in [1.165, 1.54) is 6.92 Å². The molecule has 8 heteroatoms. The highest BCUT2D eigenvalue weighted by Gasteiger charge is 2.51. The first-order valence-corrected chi connectivity index (χ1v) is 9.19. The van der Waals surface area contributed by atoms with E-state index >= 15 is 0 Å². The van der Waals surface area contributed by atoms with Crippen molar-refractivity contribution in [3.05, 3.63) is 23.8 Å². The van der Waals surface area contributed by atoms with Crippen LogP contribution in [0.1, 0.15) is 40.2 Å². The number of carbonyl (C=O) groups is 2. The zero-order valence-corrected chi connectivity index (χ0v) is 16.8. The number of hydrogen-bond donors (Lipinski definition) is 1. The average molecular weight is 374 g/mol. The summed E-state index contributed by atoms with van der Waals surface area (Å²) in [5, 5.41) is 2.68. The van der Waals surface area contributed by atoms with Gasteiger partial charge in [-0.1, -0.05) is 12.1 Å². The molecule has 2 aliphatic heterocycles. The van der Waals surface area contributed by atoms with Gasteiger partial charge in [0.2, 0.25) is 5.91 Å². The van der Waals surface area contributed by atoms with Crippen LogP contribution in [-0.4, -0.2) is 49.5 Å². The molecule has 0 radical (unpaired) electrons. The third kappa shape index (κ3) is 3.82. The summed E-state index contributed by atoms with van der Waals surface area (Å²) < 4.78 is 17.5. The number of hydrogen-bond acceptors (Lipinski definition) is 5. The number of nitrogens with zero attached hydrogens (tertiary/aromatic N) is 1. The molecule has 1 unspecified atom stereocenters. The minimum Gasteiger partial charge on any atom is -0.442 e. The molecule has 0 bridgehead atoms. The predicted octanol–water partition coefficient (Wildman–Crippen LogP) is 1.76. The molecule has 27 heavy (non-hydrogen) atoms. The largest absolute Gasteiger partial charge is 0.494 e. The lowest BCUT2D eigenvalue weighted by Gasteiger charge is -2.32. The van der Waals surface area contributed by atoms with Gasteiger partial charge in [0.15, 0.2) is 0 Å². The van der Waals surface area contributed by atoms with E-state index < -0.39 is 24.4 Å². The van der Waals surface area contributed by atoms with Crippen LogP contribution < -0.4 is 15.7 Å². The Kier molecular flexibility index (Phi) is 4.99. The van der Waals surface area contributed by atoms with Crippen LogP contribution in [-0.2, 0) is 18.8 Å². The van der Waals surface area contributed by atoms with Gasteiger partial charge >= 0.3 is 13.2 Å².